The highest BCUT2D eigenvalue weighted by Gasteiger charge is 2.19. The monoisotopic (exact) mass is 337 g/mol. The largest absolute Gasteiger partial charge is 0.382 e. The number of aromatic nitrogens is 3. The van der Waals surface area contributed by atoms with Gasteiger partial charge in [-0.25, -0.2) is 4.98 Å². The number of non-ortho nitro benzene ring substituents is 1. The van der Waals surface area contributed by atoms with Crippen molar-refractivity contribution in [2.24, 2.45) is 0 Å². The van der Waals surface area contributed by atoms with Gasteiger partial charge in [-0.1, -0.05) is 12.1 Å². The molecule has 0 aliphatic rings. The van der Waals surface area contributed by atoms with Crippen LogP contribution in [0.3, 0.4) is 0 Å². The van der Waals surface area contributed by atoms with Crippen molar-refractivity contribution in [3.8, 4) is 21.8 Å². The minimum absolute atomic E-state index is 0.0350. The third kappa shape index (κ3) is 2.29. The van der Waals surface area contributed by atoms with E-state index in [0.717, 1.165) is 20.8 Å². The molecule has 0 atom stereocenters. The number of anilines is 1. The standard InChI is InChI=1S/C16H11N5O2S/c17-15-13(16-18-11-3-1-2-4-12(11)24-16)14(19-20-15)9-5-7-10(8-6-9)21(22)23/h1-8H,(H3,17,19,20). The molecule has 8 heteroatoms. The molecule has 0 aliphatic carbocycles. The summed E-state index contributed by atoms with van der Waals surface area (Å²) in [5.74, 6) is 0.349. The Morgan fingerprint density at radius 1 is 1.12 bits per heavy atom. The zero-order valence-corrected chi connectivity index (χ0v) is 13.1. The molecule has 4 rings (SSSR count). The van der Waals surface area contributed by atoms with E-state index in [1.807, 2.05) is 24.3 Å². The summed E-state index contributed by atoms with van der Waals surface area (Å²) in [5, 5.41) is 18.5. The fourth-order valence-electron chi connectivity index (χ4n) is 2.51. The number of rotatable bonds is 3. The third-order valence-electron chi connectivity index (χ3n) is 3.67. The van der Waals surface area contributed by atoms with Gasteiger partial charge in [0.05, 0.1) is 26.4 Å². The van der Waals surface area contributed by atoms with Crippen LogP contribution in [0.4, 0.5) is 11.5 Å². The number of hydrogen-bond donors (Lipinski definition) is 2. The number of nitrogens with zero attached hydrogens (tertiary/aromatic N) is 3. The molecule has 0 aliphatic heterocycles. The van der Waals surface area contributed by atoms with Crippen LogP contribution >= 0.6 is 11.3 Å². The second-order valence-electron chi connectivity index (χ2n) is 5.15. The van der Waals surface area contributed by atoms with Crippen LogP contribution in [0.5, 0.6) is 0 Å². The van der Waals surface area contributed by atoms with Crippen LogP contribution in [-0.4, -0.2) is 20.1 Å². The Morgan fingerprint density at radius 3 is 2.58 bits per heavy atom. The number of aromatic amines is 1. The van der Waals surface area contributed by atoms with Crippen LogP contribution in [0.1, 0.15) is 0 Å². The van der Waals surface area contributed by atoms with Crippen LogP contribution in [0.25, 0.3) is 32.0 Å². The lowest BCUT2D eigenvalue weighted by atomic mass is 10.1. The summed E-state index contributed by atoms with van der Waals surface area (Å²) < 4.78 is 1.06. The number of H-pyrrole nitrogens is 1. The molecule has 0 saturated heterocycles. The summed E-state index contributed by atoms with van der Waals surface area (Å²) in [6.07, 6.45) is 0. The van der Waals surface area contributed by atoms with Gasteiger partial charge in [-0.05, 0) is 24.3 Å². The lowest BCUT2D eigenvalue weighted by Gasteiger charge is -2.01. The summed E-state index contributed by atoms with van der Waals surface area (Å²) in [6, 6.07) is 14.1. The van der Waals surface area contributed by atoms with Crippen LogP contribution in [0.2, 0.25) is 0 Å². The van der Waals surface area contributed by atoms with Gasteiger partial charge in [0, 0.05) is 17.7 Å². The van der Waals surface area contributed by atoms with Crippen molar-refractivity contribution in [1.29, 1.82) is 0 Å². The van der Waals surface area contributed by atoms with E-state index in [9.17, 15) is 10.1 Å². The number of hydrogen-bond acceptors (Lipinski definition) is 6. The lowest BCUT2D eigenvalue weighted by molar-refractivity contribution is -0.384. The quantitative estimate of drug-likeness (QED) is 0.436. The maximum atomic E-state index is 10.8. The SMILES string of the molecule is Nc1n[nH]c(-c2ccc([N+](=O)[O-])cc2)c1-c1nc2ccccc2s1. The van der Waals surface area contributed by atoms with Gasteiger partial charge in [0.1, 0.15) is 5.01 Å². The van der Waals surface area contributed by atoms with Crippen LogP contribution < -0.4 is 5.73 Å². The highest BCUT2D eigenvalue weighted by Crippen LogP contribution is 2.39. The van der Waals surface area contributed by atoms with Gasteiger partial charge in [-0.2, -0.15) is 5.10 Å². The van der Waals surface area contributed by atoms with Gasteiger partial charge >= 0.3 is 0 Å². The van der Waals surface area contributed by atoms with Gasteiger partial charge in [-0.3, -0.25) is 15.2 Å². The molecule has 2 aromatic carbocycles. The summed E-state index contributed by atoms with van der Waals surface area (Å²) in [4.78, 5) is 15.0. The number of fused-ring (bicyclic) bond motifs is 1. The molecule has 0 saturated carbocycles. The van der Waals surface area contributed by atoms with E-state index in [1.165, 1.54) is 23.5 Å². The average Bonchev–Trinajstić information content (AvgIpc) is 3.17. The Bertz CT molecular complexity index is 1020. The van der Waals surface area contributed by atoms with Crippen LogP contribution in [-0.2, 0) is 0 Å². The molecule has 0 unspecified atom stereocenters. The Hall–Kier alpha value is -3.26. The smallest absolute Gasteiger partial charge is 0.269 e. The third-order valence-corrected chi connectivity index (χ3v) is 4.72. The topological polar surface area (TPSA) is 111 Å². The summed E-state index contributed by atoms with van der Waals surface area (Å²) in [5.41, 5.74) is 9.13. The number of nitrogens with one attached hydrogen (secondary N) is 1. The molecule has 2 heterocycles. The van der Waals surface area contributed by atoms with Gasteiger partial charge < -0.3 is 5.73 Å². The highest BCUT2D eigenvalue weighted by atomic mass is 32.1. The molecule has 0 amide bonds. The molecule has 0 bridgehead atoms. The first kappa shape index (κ1) is 14.3. The zero-order chi connectivity index (χ0) is 16.7. The van der Waals surface area contributed by atoms with Crippen molar-refractivity contribution < 1.29 is 4.92 Å². The molecule has 4 aromatic rings. The van der Waals surface area contributed by atoms with Crippen LogP contribution in [0.15, 0.2) is 48.5 Å². The Kier molecular flexibility index (Phi) is 3.24. The maximum Gasteiger partial charge on any atom is 0.269 e. The summed E-state index contributed by atoms with van der Waals surface area (Å²) in [7, 11) is 0. The molecule has 2 aromatic heterocycles. The lowest BCUT2D eigenvalue weighted by Crippen LogP contribution is -1.89. The zero-order valence-electron chi connectivity index (χ0n) is 12.3. The number of nitro benzene ring substituents is 1. The van der Waals surface area contributed by atoms with Gasteiger partial charge in [0.15, 0.2) is 5.82 Å². The van der Waals surface area contributed by atoms with Gasteiger partial charge in [-0.15, -0.1) is 11.3 Å². The first-order chi connectivity index (χ1) is 11.6. The maximum absolute atomic E-state index is 10.8. The first-order valence-corrected chi connectivity index (χ1v) is 7.90. The first-order valence-electron chi connectivity index (χ1n) is 7.08. The second-order valence-corrected chi connectivity index (χ2v) is 6.18. The van der Waals surface area contributed by atoms with E-state index in [-0.39, 0.29) is 5.69 Å². The molecular weight excluding hydrogens is 326 g/mol. The molecule has 7 nitrogen and oxygen atoms in total. The summed E-state index contributed by atoms with van der Waals surface area (Å²) >= 11 is 1.53. The molecule has 0 spiro atoms. The minimum atomic E-state index is -0.431. The van der Waals surface area contributed by atoms with E-state index >= 15 is 0 Å². The van der Waals surface area contributed by atoms with Crippen molar-refractivity contribution >= 4 is 33.1 Å². The van der Waals surface area contributed by atoms with Crippen molar-refractivity contribution in [3.63, 3.8) is 0 Å². The molecule has 0 fully saturated rings. The molecular formula is C16H11N5O2S. The number of para-hydroxylation sites is 1. The van der Waals surface area contributed by atoms with E-state index in [1.54, 1.807) is 12.1 Å². The molecule has 3 N–H and O–H groups in total. The highest BCUT2D eigenvalue weighted by molar-refractivity contribution is 7.21. The van der Waals surface area contributed by atoms with E-state index in [4.69, 9.17) is 5.73 Å². The normalized spacial score (nSPS) is 11.0. The fourth-order valence-corrected chi connectivity index (χ4v) is 3.54. The van der Waals surface area contributed by atoms with E-state index < -0.39 is 4.92 Å². The minimum Gasteiger partial charge on any atom is -0.382 e. The number of nitrogen functional groups attached to an aromatic ring is 1. The average molecular weight is 337 g/mol. The van der Waals surface area contributed by atoms with Gasteiger partial charge in [0.25, 0.3) is 5.69 Å². The molecule has 118 valence electrons. The second kappa shape index (κ2) is 5.43. The number of nitrogens with two attached hydrogens (primary N) is 1. The Morgan fingerprint density at radius 2 is 1.88 bits per heavy atom. The number of nitro groups is 1. The molecule has 24 heavy (non-hydrogen) atoms. The van der Waals surface area contributed by atoms with E-state index in [2.05, 4.69) is 15.2 Å². The number of benzene rings is 2. The van der Waals surface area contributed by atoms with Crippen LogP contribution in [0, 0.1) is 10.1 Å². The predicted octanol–water partition coefficient (Wildman–Crippen LogP) is 3.84. The summed E-state index contributed by atoms with van der Waals surface area (Å²) in [6.45, 7) is 0. The van der Waals surface area contributed by atoms with Crippen molar-refractivity contribution in [3.05, 3.63) is 58.6 Å². The predicted molar refractivity (Wildman–Crippen MR) is 93.7 cm³/mol. The van der Waals surface area contributed by atoms with Crippen molar-refractivity contribution in [1.82, 2.24) is 15.2 Å². The van der Waals surface area contributed by atoms with E-state index in [0.29, 0.717) is 17.1 Å². The Balaban J connectivity index is 1.85. The molecule has 0 radical (unpaired) electrons. The van der Waals surface area contributed by atoms with Crippen molar-refractivity contribution in [2.45, 2.75) is 0 Å². The Labute approximate surface area is 139 Å². The number of thiazole rings is 1. The fraction of sp³-hybridized carbons (Fsp3) is 0. The van der Waals surface area contributed by atoms with Gasteiger partial charge in [0.2, 0.25) is 0 Å². The van der Waals surface area contributed by atoms with Crippen molar-refractivity contribution in [2.75, 3.05) is 5.73 Å².